The Morgan fingerprint density at radius 2 is 2.10 bits per heavy atom. The summed E-state index contributed by atoms with van der Waals surface area (Å²) in [6.45, 7) is 1.43. The maximum atomic E-state index is 10.5. The molecule has 4 nitrogen and oxygen atoms in total. The van der Waals surface area contributed by atoms with E-state index >= 15 is 0 Å². The number of carboxylic acid groups (broad SMARTS) is 1. The first-order valence-corrected chi connectivity index (χ1v) is 3.48. The molecule has 0 saturated heterocycles. The van der Waals surface area contributed by atoms with Gasteiger partial charge in [0.05, 0.1) is 6.42 Å². The van der Waals surface area contributed by atoms with Crippen LogP contribution in [0, 0.1) is 5.92 Å². The van der Waals surface area contributed by atoms with E-state index in [0.29, 0.717) is 0 Å². The maximum Gasteiger partial charge on any atom is 0.304 e. The third kappa shape index (κ3) is 3.30. The van der Waals surface area contributed by atoms with Crippen molar-refractivity contribution in [2.45, 2.75) is 13.3 Å². The first kappa shape index (κ1) is 9.24. The monoisotopic (exact) mass is 162 g/mol. The van der Waals surface area contributed by atoms with Crippen molar-refractivity contribution in [1.82, 2.24) is 0 Å². The van der Waals surface area contributed by atoms with Crippen LogP contribution in [0.1, 0.15) is 13.3 Å². The third-order valence-electron chi connectivity index (χ3n) is 0.992. The Balaban J connectivity index is 3.84. The van der Waals surface area contributed by atoms with Crippen LogP contribution in [0.5, 0.6) is 0 Å². The SMILES string of the molecule is C[C@@H](CC(=O)O)C(=O)P=O. The summed E-state index contributed by atoms with van der Waals surface area (Å²) in [5.74, 6) is -1.71. The topological polar surface area (TPSA) is 71.4 Å². The quantitative estimate of drug-likeness (QED) is 0.623. The minimum Gasteiger partial charge on any atom is -0.481 e. The lowest BCUT2D eigenvalue weighted by molar-refractivity contribution is -0.139. The molecule has 0 unspecified atom stereocenters. The normalized spacial score (nSPS) is 12.9. The lowest BCUT2D eigenvalue weighted by Crippen LogP contribution is -2.09. The van der Waals surface area contributed by atoms with Crippen LogP contribution in [0.25, 0.3) is 0 Å². The van der Waals surface area contributed by atoms with Crippen LogP contribution in [0.4, 0.5) is 0 Å². The molecular formula is C5H7O4P. The molecule has 0 radical (unpaired) electrons. The predicted molar refractivity (Wildman–Crippen MR) is 34.0 cm³/mol. The van der Waals surface area contributed by atoms with Crippen molar-refractivity contribution in [3.8, 4) is 0 Å². The van der Waals surface area contributed by atoms with Gasteiger partial charge in [0.1, 0.15) is 0 Å². The Kier molecular flexibility index (Phi) is 3.81. The van der Waals surface area contributed by atoms with Crippen LogP contribution in [0.15, 0.2) is 0 Å². The number of rotatable bonds is 4. The third-order valence-corrected chi connectivity index (χ3v) is 1.61. The Labute approximate surface area is 59.4 Å². The van der Waals surface area contributed by atoms with Crippen LogP contribution in [-0.2, 0) is 14.2 Å². The van der Waals surface area contributed by atoms with E-state index in [0.717, 1.165) is 0 Å². The van der Waals surface area contributed by atoms with Gasteiger partial charge in [-0.2, -0.15) is 0 Å². The summed E-state index contributed by atoms with van der Waals surface area (Å²) >= 11 is 0. The Hall–Kier alpha value is -0.760. The second kappa shape index (κ2) is 4.12. The molecule has 0 spiro atoms. The minimum atomic E-state index is -1.05. The van der Waals surface area contributed by atoms with Gasteiger partial charge in [-0.25, -0.2) is 0 Å². The number of carboxylic acids is 1. The molecule has 0 fully saturated rings. The summed E-state index contributed by atoms with van der Waals surface area (Å²) in [6, 6.07) is 0. The summed E-state index contributed by atoms with van der Waals surface area (Å²) in [5.41, 5.74) is -0.567. The number of aliphatic carboxylic acids is 1. The molecule has 0 aliphatic heterocycles. The van der Waals surface area contributed by atoms with Crippen molar-refractivity contribution in [3.05, 3.63) is 0 Å². The second-order valence-corrected chi connectivity index (χ2v) is 2.55. The number of hydrogen-bond acceptors (Lipinski definition) is 3. The van der Waals surface area contributed by atoms with Gasteiger partial charge in [0, 0.05) is 5.92 Å². The van der Waals surface area contributed by atoms with Crippen molar-refractivity contribution < 1.29 is 19.3 Å². The van der Waals surface area contributed by atoms with Gasteiger partial charge < -0.3 is 5.11 Å². The molecule has 0 amide bonds. The van der Waals surface area contributed by atoms with Gasteiger partial charge in [-0.05, 0) is 0 Å². The molecule has 0 aromatic rings. The fraction of sp³-hybridized carbons (Fsp3) is 0.600. The maximum absolute atomic E-state index is 10.5. The van der Waals surface area contributed by atoms with Gasteiger partial charge in [0.15, 0.2) is 0 Å². The Bertz CT molecular complexity index is 165. The summed E-state index contributed by atoms with van der Waals surface area (Å²) in [4.78, 5) is 20.4. The highest BCUT2D eigenvalue weighted by Gasteiger charge is 2.15. The summed E-state index contributed by atoms with van der Waals surface area (Å²) in [5, 5.41) is 8.17. The first-order valence-electron chi connectivity index (χ1n) is 2.67. The smallest absolute Gasteiger partial charge is 0.304 e. The minimum absolute atomic E-state index is 0.256. The molecule has 0 heterocycles. The summed E-state index contributed by atoms with van der Waals surface area (Å²) in [7, 11) is -0.609. The van der Waals surface area contributed by atoms with E-state index in [4.69, 9.17) is 5.11 Å². The van der Waals surface area contributed by atoms with Gasteiger partial charge in [-0.15, -0.1) is 0 Å². The molecule has 10 heavy (non-hydrogen) atoms. The van der Waals surface area contributed by atoms with Gasteiger partial charge in [-0.1, -0.05) is 6.92 Å². The molecule has 1 atom stereocenters. The van der Waals surface area contributed by atoms with Crippen LogP contribution < -0.4 is 0 Å². The van der Waals surface area contributed by atoms with Crippen LogP contribution in [-0.4, -0.2) is 16.6 Å². The van der Waals surface area contributed by atoms with Gasteiger partial charge in [0.25, 0.3) is 0 Å². The predicted octanol–water partition coefficient (Wildman–Crippen LogP) is 0.915. The Morgan fingerprint density at radius 3 is 2.40 bits per heavy atom. The van der Waals surface area contributed by atoms with Gasteiger partial charge in [0.2, 0.25) is 14.0 Å². The average Bonchev–Trinajstić information content (AvgIpc) is 1.85. The molecule has 5 heteroatoms. The van der Waals surface area contributed by atoms with E-state index in [1.807, 2.05) is 0 Å². The van der Waals surface area contributed by atoms with E-state index in [9.17, 15) is 14.2 Å². The van der Waals surface area contributed by atoms with Crippen molar-refractivity contribution in [1.29, 1.82) is 0 Å². The summed E-state index contributed by atoms with van der Waals surface area (Å²) in [6.07, 6.45) is -0.256. The molecule has 0 aliphatic carbocycles. The zero-order chi connectivity index (χ0) is 8.15. The highest BCUT2D eigenvalue weighted by Crippen LogP contribution is 2.10. The zero-order valence-electron chi connectivity index (χ0n) is 5.40. The molecule has 0 saturated carbocycles. The zero-order valence-corrected chi connectivity index (χ0v) is 6.30. The van der Waals surface area contributed by atoms with Crippen molar-refractivity contribution >= 4 is 20.0 Å². The van der Waals surface area contributed by atoms with E-state index in [2.05, 4.69) is 0 Å². The number of hydrogen-bond donors (Lipinski definition) is 1. The molecular weight excluding hydrogens is 155 g/mol. The Morgan fingerprint density at radius 1 is 1.60 bits per heavy atom. The lowest BCUT2D eigenvalue weighted by atomic mass is 10.1. The van der Waals surface area contributed by atoms with E-state index in [1.54, 1.807) is 0 Å². The van der Waals surface area contributed by atoms with Crippen LogP contribution in [0.2, 0.25) is 0 Å². The van der Waals surface area contributed by atoms with Crippen LogP contribution in [0.3, 0.4) is 0 Å². The fourth-order valence-electron chi connectivity index (χ4n) is 0.439. The van der Waals surface area contributed by atoms with E-state index < -0.39 is 25.9 Å². The fourth-order valence-corrected chi connectivity index (χ4v) is 0.710. The number of carbonyl (C=O) groups excluding carboxylic acids is 1. The summed E-state index contributed by atoms with van der Waals surface area (Å²) < 4.78 is 9.88. The molecule has 1 N–H and O–H groups in total. The number of carbonyl (C=O) groups is 2. The van der Waals surface area contributed by atoms with Crippen molar-refractivity contribution in [2.75, 3.05) is 0 Å². The second-order valence-electron chi connectivity index (χ2n) is 1.93. The van der Waals surface area contributed by atoms with E-state index in [-0.39, 0.29) is 6.42 Å². The van der Waals surface area contributed by atoms with Crippen molar-refractivity contribution in [2.24, 2.45) is 5.92 Å². The standard InChI is InChI=1S/C5H7O4P/c1-3(2-4(6)7)5(8)10-9/h3H,2H2,1H3,(H,6,7)/t3-/m0/s1. The highest BCUT2D eigenvalue weighted by molar-refractivity contribution is 7.46. The first-order chi connectivity index (χ1) is 4.57. The molecule has 0 aliphatic rings. The molecule has 0 aromatic heterocycles. The highest BCUT2D eigenvalue weighted by atomic mass is 31.1. The molecule has 0 rings (SSSR count). The largest absolute Gasteiger partial charge is 0.481 e. The molecule has 56 valence electrons. The van der Waals surface area contributed by atoms with E-state index in [1.165, 1.54) is 6.92 Å². The van der Waals surface area contributed by atoms with Gasteiger partial charge in [-0.3, -0.25) is 14.2 Å². The molecule has 0 aromatic carbocycles. The van der Waals surface area contributed by atoms with Crippen LogP contribution >= 0.6 is 8.46 Å². The van der Waals surface area contributed by atoms with Crippen molar-refractivity contribution in [3.63, 3.8) is 0 Å². The average molecular weight is 162 g/mol. The lowest BCUT2D eigenvalue weighted by Gasteiger charge is -1.98. The van der Waals surface area contributed by atoms with Gasteiger partial charge >= 0.3 is 5.97 Å². The molecule has 0 bridgehead atoms.